The summed E-state index contributed by atoms with van der Waals surface area (Å²) >= 11 is 0. The number of ether oxygens (including phenoxy) is 2. The molecule has 0 spiro atoms. The fourth-order valence-electron chi connectivity index (χ4n) is 2.89. The second-order valence-electron chi connectivity index (χ2n) is 5.87. The van der Waals surface area contributed by atoms with Gasteiger partial charge in [0.15, 0.2) is 0 Å². The molecule has 1 aliphatic heterocycles. The van der Waals surface area contributed by atoms with Crippen molar-refractivity contribution in [3.8, 4) is 5.75 Å². The molecule has 2 aromatic rings. The second-order valence-corrected chi connectivity index (χ2v) is 5.87. The third kappa shape index (κ3) is 3.69. The molecule has 2 aromatic carbocycles. The fraction of sp³-hybridized carbons (Fsp3) is 0.200. The van der Waals surface area contributed by atoms with Crippen molar-refractivity contribution in [1.29, 1.82) is 0 Å². The van der Waals surface area contributed by atoms with Gasteiger partial charge in [-0.3, -0.25) is 0 Å². The van der Waals surface area contributed by atoms with Crippen molar-refractivity contribution in [3.05, 3.63) is 77.0 Å². The Hall–Kier alpha value is -3.28. The number of amides is 2. The Morgan fingerprint density at radius 3 is 2.50 bits per heavy atom. The van der Waals surface area contributed by atoms with Gasteiger partial charge in [-0.05, 0) is 18.6 Å². The molecule has 0 aromatic heterocycles. The van der Waals surface area contributed by atoms with Crippen molar-refractivity contribution in [3.63, 3.8) is 0 Å². The molecular formula is C20H20N2O4. The number of benzene rings is 2. The van der Waals surface area contributed by atoms with E-state index in [1.165, 1.54) is 7.11 Å². The number of allylic oxidation sites excluding steroid dienone is 1. The maximum Gasteiger partial charge on any atom is 0.337 e. The molecule has 0 fully saturated rings. The second kappa shape index (κ2) is 7.74. The number of para-hydroxylation sites is 1. The van der Waals surface area contributed by atoms with E-state index in [1.807, 2.05) is 54.6 Å². The first-order chi connectivity index (χ1) is 12.6. The van der Waals surface area contributed by atoms with E-state index < -0.39 is 12.0 Å². The average Bonchev–Trinajstić information content (AvgIpc) is 2.66. The topological polar surface area (TPSA) is 76.7 Å². The standard InChI is InChI=1S/C20H20N2O4/c1-13-17(19(23)25-2)18(22-20(24)21-13)15-10-6-7-11-16(15)26-12-14-8-4-3-5-9-14/h3-11,18H,12H2,1-2H3,(H2,21,22,24). The van der Waals surface area contributed by atoms with E-state index in [-0.39, 0.29) is 6.03 Å². The fourth-order valence-corrected chi connectivity index (χ4v) is 2.89. The van der Waals surface area contributed by atoms with Crippen molar-refractivity contribution in [2.24, 2.45) is 0 Å². The lowest BCUT2D eigenvalue weighted by molar-refractivity contribution is -0.136. The lowest BCUT2D eigenvalue weighted by Crippen LogP contribution is -2.45. The van der Waals surface area contributed by atoms with Gasteiger partial charge in [-0.25, -0.2) is 9.59 Å². The van der Waals surface area contributed by atoms with Gasteiger partial charge in [0.1, 0.15) is 12.4 Å². The van der Waals surface area contributed by atoms with Crippen LogP contribution in [0.4, 0.5) is 4.79 Å². The summed E-state index contributed by atoms with van der Waals surface area (Å²) in [6.45, 7) is 2.05. The average molecular weight is 352 g/mol. The van der Waals surface area contributed by atoms with Crippen LogP contribution in [0.2, 0.25) is 0 Å². The Balaban J connectivity index is 1.93. The highest BCUT2D eigenvalue weighted by Crippen LogP contribution is 2.33. The number of nitrogens with one attached hydrogen (secondary N) is 2. The largest absolute Gasteiger partial charge is 0.489 e. The summed E-state index contributed by atoms with van der Waals surface area (Å²) in [6, 6.07) is 16.1. The molecule has 0 bridgehead atoms. The molecule has 1 atom stereocenters. The number of hydrogen-bond acceptors (Lipinski definition) is 4. The molecule has 0 aliphatic carbocycles. The minimum Gasteiger partial charge on any atom is -0.489 e. The first-order valence-electron chi connectivity index (χ1n) is 8.22. The van der Waals surface area contributed by atoms with Gasteiger partial charge in [0.05, 0.1) is 18.7 Å². The number of esters is 1. The van der Waals surface area contributed by atoms with Crippen LogP contribution >= 0.6 is 0 Å². The molecule has 0 saturated carbocycles. The highest BCUT2D eigenvalue weighted by Gasteiger charge is 2.33. The Morgan fingerprint density at radius 1 is 1.08 bits per heavy atom. The predicted molar refractivity (Wildman–Crippen MR) is 96.3 cm³/mol. The smallest absolute Gasteiger partial charge is 0.337 e. The van der Waals surface area contributed by atoms with Gasteiger partial charge in [0.2, 0.25) is 0 Å². The number of carbonyl (C=O) groups excluding carboxylic acids is 2. The van der Waals surface area contributed by atoms with Crippen LogP contribution in [0, 0.1) is 0 Å². The number of rotatable bonds is 5. The van der Waals surface area contributed by atoms with Gasteiger partial charge in [-0.1, -0.05) is 48.5 Å². The Morgan fingerprint density at radius 2 is 1.77 bits per heavy atom. The number of urea groups is 1. The first kappa shape index (κ1) is 17.5. The molecule has 134 valence electrons. The third-order valence-corrected chi connectivity index (χ3v) is 4.14. The summed E-state index contributed by atoms with van der Waals surface area (Å²) < 4.78 is 10.8. The molecule has 3 rings (SSSR count). The van der Waals surface area contributed by atoms with E-state index in [0.29, 0.717) is 29.2 Å². The van der Waals surface area contributed by atoms with E-state index in [9.17, 15) is 9.59 Å². The van der Waals surface area contributed by atoms with Crippen LogP contribution in [0.3, 0.4) is 0 Å². The highest BCUT2D eigenvalue weighted by atomic mass is 16.5. The van der Waals surface area contributed by atoms with Crippen molar-refractivity contribution >= 4 is 12.0 Å². The summed E-state index contributed by atoms with van der Waals surface area (Å²) in [5.74, 6) is 0.0932. The quantitative estimate of drug-likeness (QED) is 0.811. The third-order valence-electron chi connectivity index (χ3n) is 4.14. The summed E-state index contributed by atoms with van der Waals surface area (Å²) in [5, 5.41) is 5.39. The van der Waals surface area contributed by atoms with Gasteiger partial charge in [0, 0.05) is 11.3 Å². The maximum atomic E-state index is 12.2. The lowest BCUT2D eigenvalue weighted by atomic mass is 9.95. The van der Waals surface area contributed by atoms with E-state index >= 15 is 0 Å². The van der Waals surface area contributed by atoms with Crippen LogP contribution in [-0.4, -0.2) is 19.1 Å². The predicted octanol–water partition coefficient (Wildman–Crippen LogP) is 3.07. The summed E-state index contributed by atoms with van der Waals surface area (Å²) in [7, 11) is 1.31. The van der Waals surface area contributed by atoms with Crippen LogP contribution < -0.4 is 15.4 Å². The lowest BCUT2D eigenvalue weighted by Gasteiger charge is -2.29. The normalized spacial score (nSPS) is 16.5. The number of hydrogen-bond donors (Lipinski definition) is 2. The van der Waals surface area contributed by atoms with Crippen molar-refractivity contribution in [2.45, 2.75) is 19.6 Å². The molecule has 1 heterocycles. The molecule has 0 saturated heterocycles. The van der Waals surface area contributed by atoms with Gasteiger partial charge < -0.3 is 20.1 Å². The van der Waals surface area contributed by atoms with Gasteiger partial charge in [0.25, 0.3) is 0 Å². The van der Waals surface area contributed by atoms with E-state index in [2.05, 4.69) is 10.6 Å². The van der Waals surface area contributed by atoms with E-state index in [1.54, 1.807) is 6.92 Å². The van der Waals surface area contributed by atoms with Crippen LogP contribution in [0.5, 0.6) is 5.75 Å². The molecule has 2 N–H and O–H groups in total. The Kier molecular flexibility index (Phi) is 5.22. The van der Waals surface area contributed by atoms with E-state index in [4.69, 9.17) is 9.47 Å². The van der Waals surface area contributed by atoms with Crippen LogP contribution in [-0.2, 0) is 16.1 Å². The Bertz CT molecular complexity index is 846. The molecule has 6 heteroatoms. The van der Waals surface area contributed by atoms with Crippen LogP contribution in [0.1, 0.15) is 24.1 Å². The molecule has 1 aliphatic rings. The van der Waals surface area contributed by atoms with Crippen LogP contribution in [0.15, 0.2) is 65.9 Å². The molecule has 6 nitrogen and oxygen atoms in total. The van der Waals surface area contributed by atoms with Crippen molar-refractivity contribution < 1.29 is 19.1 Å². The zero-order valence-electron chi connectivity index (χ0n) is 14.6. The summed E-state index contributed by atoms with van der Waals surface area (Å²) in [6.07, 6.45) is 0. The monoisotopic (exact) mass is 352 g/mol. The molecular weight excluding hydrogens is 332 g/mol. The highest BCUT2D eigenvalue weighted by molar-refractivity contribution is 5.95. The SMILES string of the molecule is COC(=O)C1=C(C)NC(=O)NC1c1ccccc1OCc1ccccc1. The summed E-state index contributed by atoms with van der Waals surface area (Å²) in [5.41, 5.74) is 2.53. The number of carbonyl (C=O) groups is 2. The molecule has 1 unspecified atom stereocenters. The molecule has 0 radical (unpaired) electrons. The molecule has 2 amide bonds. The van der Waals surface area contributed by atoms with Crippen molar-refractivity contribution in [1.82, 2.24) is 10.6 Å². The van der Waals surface area contributed by atoms with Gasteiger partial charge in [-0.15, -0.1) is 0 Å². The van der Waals surface area contributed by atoms with Gasteiger partial charge in [-0.2, -0.15) is 0 Å². The minimum atomic E-state index is -0.650. The molecule has 26 heavy (non-hydrogen) atoms. The summed E-state index contributed by atoms with van der Waals surface area (Å²) in [4.78, 5) is 24.2. The van der Waals surface area contributed by atoms with E-state index in [0.717, 1.165) is 5.56 Å². The Labute approximate surface area is 151 Å². The van der Waals surface area contributed by atoms with Crippen LogP contribution in [0.25, 0.3) is 0 Å². The van der Waals surface area contributed by atoms with Gasteiger partial charge >= 0.3 is 12.0 Å². The van der Waals surface area contributed by atoms with Crippen molar-refractivity contribution in [2.75, 3.05) is 7.11 Å². The zero-order chi connectivity index (χ0) is 18.5. The zero-order valence-corrected chi connectivity index (χ0v) is 14.6. The maximum absolute atomic E-state index is 12.2. The number of methoxy groups -OCH3 is 1. The minimum absolute atomic E-state index is 0.350. The first-order valence-corrected chi connectivity index (χ1v) is 8.22.